The topological polar surface area (TPSA) is 105 Å². The Hall–Kier alpha value is -2.08. The molecule has 8 nitrogen and oxygen atoms in total. The number of methoxy groups -OCH3 is 1. The Balaban J connectivity index is 2.29. The van der Waals surface area contributed by atoms with Gasteiger partial charge in [-0.3, -0.25) is 0 Å². The van der Waals surface area contributed by atoms with E-state index in [-0.39, 0.29) is 5.69 Å². The summed E-state index contributed by atoms with van der Waals surface area (Å²) in [6.45, 7) is 2.51. The fourth-order valence-corrected chi connectivity index (χ4v) is 4.85. The number of benzene rings is 1. The zero-order valence-electron chi connectivity index (χ0n) is 12.9. The van der Waals surface area contributed by atoms with Gasteiger partial charge >= 0.3 is 150 Å². The SMILES string of the molecule is COC(=O)c1nsnc1-c1ccc(I(OC(C)=O)OC(C)=O)cc1. The average molecular weight is 464 g/mol. The van der Waals surface area contributed by atoms with E-state index in [1.807, 2.05) is 0 Å². The maximum atomic E-state index is 11.7. The number of carbonyl (C=O) groups excluding carboxylic acids is 3. The summed E-state index contributed by atoms with van der Waals surface area (Å²) >= 11 is -1.96. The van der Waals surface area contributed by atoms with Gasteiger partial charge in [-0.15, -0.1) is 0 Å². The zero-order valence-corrected chi connectivity index (χ0v) is 15.9. The van der Waals surface area contributed by atoms with E-state index < -0.39 is 38.6 Å². The van der Waals surface area contributed by atoms with Crippen LogP contribution in [0.3, 0.4) is 0 Å². The number of halogens is 1. The molecule has 0 bridgehead atoms. The number of carbonyl (C=O) groups is 3. The van der Waals surface area contributed by atoms with E-state index in [2.05, 4.69) is 13.5 Å². The summed E-state index contributed by atoms with van der Waals surface area (Å²) in [5, 5.41) is 0. The van der Waals surface area contributed by atoms with Crippen LogP contribution in [0.2, 0.25) is 0 Å². The quantitative estimate of drug-likeness (QED) is 0.492. The van der Waals surface area contributed by atoms with Gasteiger partial charge < -0.3 is 0 Å². The third kappa shape index (κ3) is 4.47. The average Bonchev–Trinajstić information content (AvgIpc) is 3.02. The minimum atomic E-state index is -2.87. The van der Waals surface area contributed by atoms with Gasteiger partial charge in [-0.25, -0.2) is 0 Å². The van der Waals surface area contributed by atoms with Gasteiger partial charge in [-0.1, -0.05) is 0 Å². The van der Waals surface area contributed by atoms with E-state index in [1.54, 1.807) is 24.3 Å². The fourth-order valence-electron chi connectivity index (χ4n) is 1.62. The van der Waals surface area contributed by atoms with E-state index in [4.69, 9.17) is 6.13 Å². The number of hydrogen-bond donors (Lipinski definition) is 0. The first-order valence-electron chi connectivity index (χ1n) is 6.51. The molecule has 0 N–H and O–H groups in total. The Morgan fingerprint density at radius 3 is 2.08 bits per heavy atom. The van der Waals surface area contributed by atoms with Crippen LogP contribution in [0.1, 0.15) is 24.3 Å². The van der Waals surface area contributed by atoms with Crippen LogP contribution in [0, 0.1) is 3.57 Å². The first-order chi connectivity index (χ1) is 11.4. The molecule has 2 aromatic rings. The number of aromatic nitrogens is 2. The van der Waals surface area contributed by atoms with Gasteiger partial charge in [-0.05, 0) is 0 Å². The molecule has 0 aliphatic heterocycles. The van der Waals surface area contributed by atoms with Crippen molar-refractivity contribution in [1.82, 2.24) is 8.75 Å². The molecule has 0 aliphatic rings. The molecule has 2 rings (SSSR count). The van der Waals surface area contributed by atoms with Gasteiger partial charge in [0.1, 0.15) is 0 Å². The number of hydrogen-bond acceptors (Lipinski definition) is 9. The van der Waals surface area contributed by atoms with Crippen molar-refractivity contribution in [3.63, 3.8) is 0 Å². The second-order valence-electron chi connectivity index (χ2n) is 4.31. The van der Waals surface area contributed by atoms with Crippen LogP contribution in [0.15, 0.2) is 24.3 Å². The first-order valence-corrected chi connectivity index (χ1v) is 10.1. The summed E-state index contributed by atoms with van der Waals surface area (Å²) in [4.78, 5) is 34.0. The van der Waals surface area contributed by atoms with Crippen molar-refractivity contribution in [3.8, 4) is 11.3 Å². The van der Waals surface area contributed by atoms with Gasteiger partial charge in [0, 0.05) is 0 Å². The third-order valence-corrected chi connectivity index (χ3v) is 6.83. The van der Waals surface area contributed by atoms with Crippen LogP contribution < -0.4 is 0 Å². The number of rotatable bonds is 5. The summed E-state index contributed by atoms with van der Waals surface area (Å²) in [5.41, 5.74) is 1.18. The molecule has 10 heteroatoms. The predicted molar refractivity (Wildman–Crippen MR) is 92.9 cm³/mol. The van der Waals surface area contributed by atoms with E-state index in [0.29, 0.717) is 14.8 Å². The molecule has 0 fully saturated rings. The first kappa shape index (κ1) is 18.3. The van der Waals surface area contributed by atoms with Gasteiger partial charge in [0.15, 0.2) is 0 Å². The minimum absolute atomic E-state index is 0.130. The van der Waals surface area contributed by atoms with Crippen molar-refractivity contribution >= 4 is 50.3 Å². The standard InChI is InChI=1S/C14H13IN2O6S/c1-8(18)22-15(23-9(2)19)11-6-4-10(5-7-11)12-13(14(20)21-3)17-24-16-12/h4-7H,1-3H3. The molecule has 0 aliphatic carbocycles. The van der Waals surface area contributed by atoms with Crippen molar-refractivity contribution in [2.24, 2.45) is 0 Å². The zero-order chi connectivity index (χ0) is 17.7. The van der Waals surface area contributed by atoms with Crippen LogP contribution in [0.4, 0.5) is 0 Å². The molecule has 0 amide bonds. The monoisotopic (exact) mass is 464 g/mol. The molecule has 1 aromatic heterocycles. The van der Waals surface area contributed by atoms with Crippen LogP contribution in [-0.4, -0.2) is 33.8 Å². The Kier molecular flexibility index (Phi) is 6.20. The molecule has 24 heavy (non-hydrogen) atoms. The fraction of sp³-hybridized carbons (Fsp3) is 0.214. The molecular weight excluding hydrogens is 451 g/mol. The Bertz CT molecular complexity index is 745. The molecular formula is C14H13IN2O6S. The number of nitrogens with zero attached hydrogens (tertiary/aromatic N) is 2. The summed E-state index contributed by atoms with van der Waals surface area (Å²) in [7, 11) is 1.27. The number of esters is 1. The van der Waals surface area contributed by atoms with Crippen LogP contribution in [0.5, 0.6) is 0 Å². The third-order valence-electron chi connectivity index (χ3n) is 2.52. The molecule has 1 heterocycles. The molecule has 0 atom stereocenters. The van der Waals surface area contributed by atoms with E-state index in [1.165, 1.54) is 21.0 Å². The molecule has 0 saturated carbocycles. The Morgan fingerprint density at radius 1 is 1.00 bits per heavy atom. The van der Waals surface area contributed by atoms with Crippen molar-refractivity contribution in [1.29, 1.82) is 0 Å². The Labute approximate surface area is 149 Å². The summed E-state index contributed by atoms with van der Waals surface area (Å²) in [6, 6.07) is 6.73. The van der Waals surface area contributed by atoms with E-state index in [0.717, 1.165) is 11.7 Å². The van der Waals surface area contributed by atoms with Crippen LogP contribution >= 0.6 is 32.4 Å². The summed E-state index contributed by atoms with van der Waals surface area (Å²) in [5.74, 6) is -1.60. The molecule has 128 valence electrons. The Morgan fingerprint density at radius 2 is 1.58 bits per heavy atom. The van der Waals surface area contributed by atoms with Gasteiger partial charge in [0.25, 0.3) is 0 Å². The molecule has 1 aromatic carbocycles. The van der Waals surface area contributed by atoms with Crippen molar-refractivity contribution < 1.29 is 25.3 Å². The van der Waals surface area contributed by atoms with Gasteiger partial charge in [0.2, 0.25) is 0 Å². The molecule has 0 saturated heterocycles. The van der Waals surface area contributed by atoms with Crippen molar-refractivity contribution in [3.05, 3.63) is 33.5 Å². The molecule has 0 unspecified atom stereocenters. The molecule has 0 radical (unpaired) electrons. The maximum absolute atomic E-state index is 11.7. The van der Waals surface area contributed by atoms with Gasteiger partial charge in [0.05, 0.1) is 0 Å². The van der Waals surface area contributed by atoms with Crippen molar-refractivity contribution in [2.45, 2.75) is 13.8 Å². The molecule has 0 spiro atoms. The second-order valence-corrected chi connectivity index (χ2v) is 8.21. The number of ether oxygens (including phenoxy) is 1. The summed E-state index contributed by atoms with van der Waals surface area (Å²) in [6.07, 6.45) is 0. The van der Waals surface area contributed by atoms with Crippen LogP contribution in [-0.2, 0) is 20.5 Å². The van der Waals surface area contributed by atoms with Crippen LogP contribution in [0.25, 0.3) is 11.3 Å². The van der Waals surface area contributed by atoms with E-state index >= 15 is 0 Å². The van der Waals surface area contributed by atoms with Gasteiger partial charge in [-0.2, -0.15) is 0 Å². The summed E-state index contributed by atoms with van der Waals surface area (Å²) < 4.78 is 23.6. The van der Waals surface area contributed by atoms with E-state index in [9.17, 15) is 14.4 Å². The second kappa shape index (κ2) is 8.15. The van der Waals surface area contributed by atoms with Crippen molar-refractivity contribution in [2.75, 3.05) is 7.11 Å². The normalized spacial score (nSPS) is 10.7. The predicted octanol–water partition coefficient (Wildman–Crippen LogP) is 2.62.